The SMILES string of the molecule is Fc1ccc(OCC2CC2)c(C=CCCBr)c1. The van der Waals surface area contributed by atoms with Crippen molar-refractivity contribution in [2.24, 2.45) is 5.92 Å². The van der Waals surface area contributed by atoms with Gasteiger partial charge in [0.1, 0.15) is 11.6 Å². The lowest BCUT2D eigenvalue weighted by Gasteiger charge is -2.08. The Labute approximate surface area is 110 Å². The first kappa shape index (κ1) is 12.6. The highest BCUT2D eigenvalue weighted by Crippen LogP contribution is 2.30. The average Bonchev–Trinajstić information content (AvgIpc) is 3.12. The summed E-state index contributed by atoms with van der Waals surface area (Å²) in [6.07, 6.45) is 7.39. The maximum Gasteiger partial charge on any atom is 0.126 e. The summed E-state index contributed by atoms with van der Waals surface area (Å²) >= 11 is 3.36. The van der Waals surface area contributed by atoms with Crippen LogP contribution in [0, 0.1) is 11.7 Å². The molecule has 1 saturated carbocycles. The van der Waals surface area contributed by atoms with Crippen LogP contribution in [0.1, 0.15) is 24.8 Å². The molecule has 1 aromatic carbocycles. The fraction of sp³-hybridized carbons (Fsp3) is 0.429. The quantitative estimate of drug-likeness (QED) is 0.707. The maximum atomic E-state index is 13.2. The van der Waals surface area contributed by atoms with E-state index in [1.165, 1.54) is 25.0 Å². The molecule has 0 N–H and O–H groups in total. The predicted molar refractivity (Wildman–Crippen MR) is 72.1 cm³/mol. The molecule has 0 amide bonds. The van der Waals surface area contributed by atoms with Crippen molar-refractivity contribution in [3.05, 3.63) is 35.7 Å². The van der Waals surface area contributed by atoms with Gasteiger partial charge in [0, 0.05) is 10.9 Å². The van der Waals surface area contributed by atoms with E-state index in [-0.39, 0.29) is 5.82 Å². The lowest BCUT2D eigenvalue weighted by Crippen LogP contribution is -2.00. The lowest BCUT2D eigenvalue weighted by atomic mass is 10.1. The van der Waals surface area contributed by atoms with Gasteiger partial charge in [0.05, 0.1) is 6.61 Å². The molecule has 0 atom stereocenters. The first-order valence-corrected chi connectivity index (χ1v) is 7.06. The number of alkyl halides is 1. The molecule has 0 aromatic heterocycles. The number of halogens is 2. The van der Waals surface area contributed by atoms with E-state index in [1.54, 1.807) is 6.07 Å². The van der Waals surface area contributed by atoms with Crippen LogP contribution < -0.4 is 4.74 Å². The highest BCUT2D eigenvalue weighted by atomic mass is 79.9. The van der Waals surface area contributed by atoms with Gasteiger partial charge in [0.15, 0.2) is 0 Å². The van der Waals surface area contributed by atoms with Crippen molar-refractivity contribution in [3.63, 3.8) is 0 Å². The maximum absolute atomic E-state index is 13.2. The molecule has 3 heteroatoms. The minimum absolute atomic E-state index is 0.220. The summed E-state index contributed by atoms with van der Waals surface area (Å²) in [5, 5.41) is 0.914. The van der Waals surface area contributed by atoms with Crippen molar-refractivity contribution in [3.8, 4) is 5.75 Å². The van der Waals surface area contributed by atoms with Crippen LogP contribution in [0.15, 0.2) is 24.3 Å². The van der Waals surface area contributed by atoms with Gasteiger partial charge in [-0.05, 0) is 43.4 Å². The van der Waals surface area contributed by atoms with Crippen molar-refractivity contribution in [2.45, 2.75) is 19.3 Å². The van der Waals surface area contributed by atoms with Gasteiger partial charge in [0.25, 0.3) is 0 Å². The average molecular weight is 299 g/mol. The number of ether oxygens (including phenoxy) is 1. The number of benzene rings is 1. The Bertz CT molecular complexity index is 399. The molecule has 1 aliphatic carbocycles. The molecule has 0 spiro atoms. The first-order chi connectivity index (χ1) is 8.29. The number of rotatable bonds is 6. The van der Waals surface area contributed by atoms with E-state index < -0.39 is 0 Å². The number of allylic oxidation sites excluding steroid dienone is 1. The van der Waals surface area contributed by atoms with E-state index in [0.717, 1.165) is 29.7 Å². The minimum atomic E-state index is -0.220. The van der Waals surface area contributed by atoms with Crippen LogP contribution in [0.5, 0.6) is 5.75 Å². The van der Waals surface area contributed by atoms with Crippen molar-refractivity contribution >= 4 is 22.0 Å². The Morgan fingerprint density at radius 1 is 1.41 bits per heavy atom. The normalized spacial score (nSPS) is 15.4. The molecule has 1 nitrogen and oxygen atoms in total. The third-order valence-electron chi connectivity index (χ3n) is 2.72. The molecule has 1 fully saturated rings. The van der Waals surface area contributed by atoms with Crippen molar-refractivity contribution in [1.29, 1.82) is 0 Å². The van der Waals surface area contributed by atoms with Crippen LogP contribution in [0.3, 0.4) is 0 Å². The summed E-state index contributed by atoms with van der Waals surface area (Å²) in [5.41, 5.74) is 0.826. The van der Waals surface area contributed by atoms with E-state index in [1.807, 2.05) is 12.2 Å². The summed E-state index contributed by atoms with van der Waals surface area (Å²) in [6.45, 7) is 0.755. The molecule has 1 aliphatic rings. The summed E-state index contributed by atoms with van der Waals surface area (Å²) in [4.78, 5) is 0. The smallest absolute Gasteiger partial charge is 0.126 e. The van der Waals surface area contributed by atoms with E-state index in [0.29, 0.717) is 5.92 Å². The number of hydrogen-bond acceptors (Lipinski definition) is 1. The second-order valence-corrected chi connectivity index (χ2v) is 5.11. The summed E-state index contributed by atoms with van der Waals surface area (Å²) in [5.74, 6) is 1.27. The molecule has 17 heavy (non-hydrogen) atoms. The predicted octanol–water partition coefficient (Wildman–Crippen LogP) is 4.41. The zero-order valence-corrected chi connectivity index (χ0v) is 11.2. The largest absolute Gasteiger partial charge is 0.493 e. The zero-order valence-electron chi connectivity index (χ0n) is 9.66. The second-order valence-electron chi connectivity index (χ2n) is 4.32. The Hall–Kier alpha value is -0.830. The molecule has 0 saturated heterocycles. The summed E-state index contributed by atoms with van der Waals surface area (Å²) < 4.78 is 18.9. The topological polar surface area (TPSA) is 9.23 Å². The Kier molecular flexibility index (Phi) is 4.60. The molecule has 2 rings (SSSR count). The third kappa shape index (κ3) is 4.15. The Morgan fingerprint density at radius 2 is 2.24 bits per heavy atom. The van der Waals surface area contributed by atoms with Crippen LogP contribution in [-0.4, -0.2) is 11.9 Å². The fourth-order valence-electron chi connectivity index (χ4n) is 1.55. The molecule has 92 valence electrons. The van der Waals surface area contributed by atoms with Crippen molar-refractivity contribution in [2.75, 3.05) is 11.9 Å². The molecule has 0 aliphatic heterocycles. The van der Waals surface area contributed by atoms with E-state index in [4.69, 9.17) is 4.74 Å². The monoisotopic (exact) mass is 298 g/mol. The van der Waals surface area contributed by atoms with Crippen LogP contribution >= 0.6 is 15.9 Å². The molecular weight excluding hydrogens is 283 g/mol. The van der Waals surface area contributed by atoms with Gasteiger partial charge >= 0.3 is 0 Å². The summed E-state index contributed by atoms with van der Waals surface area (Å²) in [7, 11) is 0. The Morgan fingerprint density at radius 3 is 2.94 bits per heavy atom. The molecular formula is C14H16BrFO. The molecule has 0 heterocycles. The van der Waals surface area contributed by atoms with Crippen molar-refractivity contribution < 1.29 is 9.13 Å². The van der Waals surface area contributed by atoms with Gasteiger partial charge < -0.3 is 4.74 Å². The van der Waals surface area contributed by atoms with Gasteiger partial charge in [-0.3, -0.25) is 0 Å². The van der Waals surface area contributed by atoms with Crippen LogP contribution in [0.4, 0.5) is 4.39 Å². The highest BCUT2D eigenvalue weighted by molar-refractivity contribution is 9.09. The van der Waals surface area contributed by atoms with Crippen LogP contribution in [0.25, 0.3) is 6.08 Å². The lowest BCUT2D eigenvalue weighted by molar-refractivity contribution is 0.298. The van der Waals surface area contributed by atoms with E-state index in [9.17, 15) is 4.39 Å². The van der Waals surface area contributed by atoms with Gasteiger partial charge in [-0.1, -0.05) is 28.1 Å². The van der Waals surface area contributed by atoms with Crippen molar-refractivity contribution in [1.82, 2.24) is 0 Å². The zero-order chi connectivity index (χ0) is 12.1. The molecule has 0 radical (unpaired) electrons. The Balaban J connectivity index is 2.05. The van der Waals surface area contributed by atoms with Gasteiger partial charge in [-0.2, -0.15) is 0 Å². The van der Waals surface area contributed by atoms with E-state index >= 15 is 0 Å². The van der Waals surface area contributed by atoms with Gasteiger partial charge in [0.2, 0.25) is 0 Å². The molecule has 0 bridgehead atoms. The molecule has 0 unspecified atom stereocenters. The minimum Gasteiger partial charge on any atom is -0.493 e. The molecule has 1 aromatic rings. The van der Waals surface area contributed by atoms with Gasteiger partial charge in [-0.15, -0.1) is 0 Å². The van der Waals surface area contributed by atoms with Crippen LogP contribution in [-0.2, 0) is 0 Å². The first-order valence-electron chi connectivity index (χ1n) is 5.94. The standard InChI is InChI=1S/C14H16BrFO/c15-8-2-1-3-12-9-13(16)6-7-14(12)17-10-11-4-5-11/h1,3,6-7,9,11H,2,4-5,8,10H2. The number of hydrogen-bond donors (Lipinski definition) is 0. The van der Waals surface area contributed by atoms with E-state index in [2.05, 4.69) is 15.9 Å². The summed E-state index contributed by atoms with van der Waals surface area (Å²) in [6, 6.07) is 4.68. The van der Waals surface area contributed by atoms with Gasteiger partial charge in [-0.25, -0.2) is 4.39 Å². The highest BCUT2D eigenvalue weighted by Gasteiger charge is 2.22. The second kappa shape index (κ2) is 6.20. The fourth-order valence-corrected chi connectivity index (χ4v) is 1.81. The third-order valence-corrected chi connectivity index (χ3v) is 3.17. The van der Waals surface area contributed by atoms with Crippen LogP contribution in [0.2, 0.25) is 0 Å².